The number of nitrogens with zero attached hydrogens (tertiary/aromatic N) is 4. The lowest BCUT2D eigenvalue weighted by Gasteiger charge is -1.90. The van der Waals surface area contributed by atoms with Crippen molar-refractivity contribution in [1.29, 1.82) is 15.8 Å². The molecule has 0 fully saturated rings. The van der Waals surface area contributed by atoms with Crippen molar-refractivity contribution in [3.8, 4) is 18.2 Å². The normalized spacial score (nSPS) is 8.12. The van der Waals surface area contributed by atoms with Gasteiger partial charge in [0.25, 0.3) is 0 Å². The summed E-state index contributed by atoms with van der Waals surface area (Å²) in [5.74, 6) is 1.68. The summed E-state index contributed by atoms with van der Waals surface area (Å²) in [6.45, 7) is 1.60. The van der Waals surface area contributed by atoms with Crippen molar-refractivity contribution in [2.24, 2.45) is 0 Å². The first kappa shape index (κ1) is 16.8. The molecule has 0 aliphatic rings. The minimum absolute atomic E-state index is 0.0611. The van der Waals surface area contributed by atoms with E-state index < -0.39 is 0 Å². The number of hydrogen-bond donors (Lipinski definition) is 1. The lowest BCUT2D eigenvalue weighted by atomic mass is 10.1. The number of nitrogens with two attached hydrogens (primary N) is 1. The van der Waals surface area contributed by atoms with E-state index in [-0.39, 0.29) is 11.1 Å². The standard InChI is InChI=1S/C10H5N4.C2H7N/c1-8(2-9(4-11)5-12)3-10(6-13)7-14;1-3-2/h2-3H,1H3;3H,1-2H3/q-1;/p+1/b8-2-;. The van der Waals surface area contributed by atoms with E-state index in [1.807, 2.05) is 19.4 Å². The van der Waals surface area contributed by atoms with Gasteiger partial charge in [-0.1, -0.05) is 0 Å². The average Bonchev–Trinajstić information content (AvgIpc) is 2.34. The van der Waals surface area contributed by atoms with Crippen LogP contribution < -0.4 is 5.32 Å². The number of rotatable bonds is 2. The Labute approximate surface area is 101 Å². The first-order valence-corrected chi connectivity index (χ1v) is 4.70. The molecule has 86 valence electrons. The minimum atomic E-state index is -0.0611. The number of nitriles is 3. The van der Waals surface area contributed by atoms with Gasteiger partial charge >= 0.3 is 0 Å². The Kier molecular flexibility index (Phi) is 11.3. The molecule has 0 spiro atoms. The fourth-order valence-corrected chi connectivity index (χ4v) is 0.676. The van der Waals surface area contributed by atoms with E-state index in [1.165, 1.54) is 12.2 Å². The van der Waals surface area contributed by atoms with Crippen LogP contribution in [0.5, 0.6) is 0 Å². The van der Waals surface area contributed by atoms with E-state index in [9.17, 15) is 0 Å². The highest BCUT2D eigenvalue weighted by Crippen LogP contribution is 2.03. The fraction of sp³-hybridized carbons (Fsp3) is 0.250. The lowest BCUT2D eigenvalue weighted by Crippen LogP contribution is -2.74. The minimum Gasteiger partial charge on any atom is -0.762 e. The van der Waals surface area contributed by atoms with Gasteiger partial charge < -0.3 is 10.7 Å². The molecule has 5 nitrogen and oxygen atoms in total. The van der Waals surface area contributed by atoms with Gasteiger partial charge in [-0.25, -0.2) is 0 Å². The van der Waals surface area contributed by atoms with Gasteiger partial charge in [0.2, 0.25) is 0 Å². The van der Waals surface area contributed by atoms with E-state index >= 15 is 0 Å². The van der Waals surface area contributed by atoms with Gasteiger partial charge in [-0.15, -0.1) is 0 Å². The van der Waals surface area contributed by atoms with E-state index in [1.54, 1.807) is 31.0 Å². The van der Waals surface area contributed by atoms with Crippen LogP contribution in [-0.4, -0.2) is 20.0 Å². The van der Waals surface area contributed by atoms with Gasteiger partial charge in [0.15, 0.2) is 0 Å². The first-order chi connectivity index (χ1) is 8.09. The van der Waals surface area contributed by atoms with Crippen molar-refractivity contribution in [3.63, 3.8) is 0 Å². The molecule has 2 N–H and O–H groups in total. The van der Waals surface area contributed by atoms with Gasteiger partial charge in [-0.3, -0.25) is 5.87 Å². The molecule has 0 aromatic rings. The molecule has 0 aromatic carbocycles. The van der Waals surface area contributed by atoms with Crippen molar-refractivity contribution >= 4 is 5.87 Å². The van der Waals surface area contributed by atoms with Crippen molar-refractivity contribution in [1.82, 2.24) is 0 Å². The molecule has 0 aromatic heterocycles. The summed E-state index contributed by atoms with van der Waals surface area (Å²) >= 11 is 0. The summed E-state index contributed by atoms with van der Waals surface area (Å²) in [4.78, 5) is 0. The molecule has 17 heavy (non-hydrogen) atoms. The molecule has 0 saturated heterocycles. The third kappa shape index (κ3) is 9.66. The predicted molar refractivity (Wildman–Crippen MR) is 64.3 cm³/mol. The quantitative estimate of drug-likeness (QED) is 0.419. The molecule has 0 heterocycles. The van der Waals surface area contributed by atoms with Crippen molar-refractivity contribution in [3.05, 3.63) is 34.3 Å². The summed E-state index contributed by atoms with van der Waals surface area (Å²) in [6, 6.07) is 5.03. The largest absolute Gasteiger partial charge is 0.762 e. The third-order valence-corrected chi connectivity index (χ3v) is 1.23. The molecule has 0 radical (unpaired) electrons. The zero-order chi connectivity index (χ0) is 13.7. The van der Waals surface area contributed by atoms with E-state index in [2.05, 4.69) is 0 Å². The highest BCUT2D eigenvalue weighted by molar-refractivity contribution is 5.70. The number of allylic oxidation sites excluding steroid dienone is 5. The van der Waals surface area contributed by atoms with E-state index in [0.717, 1.165) is 0 Å². The summed E-state index contributed by atoms with van der Waals surface area (Å²) in [5, 5.41) is 35.7. The van der Waals surface area contributed by atoms with Gasteiger partial charge in [-0.05, 0) is 24.6 Å². The van der Waals surface area contributed by atoms with Crippen molar-refractivity contribution in [2.45, 2.75) is 6.92 Å². The molecule has 0 atom stereocenters. The molecular formula is C12H13N5. The summed E-state index contributed by atoms with van der Waals surface area (Å²) < 4.78 is 0. The second-order valence-electron chi connectivity index (χ2n) is 2.88. The predicted octanol–water partition coefficient (Wildman–Crippen LogP) is 0.405. The fourth-order valence-electron chi connectivity index (χ4n) is 0.676. The molecule has 0 aliphatic carbocycles. The van der Waals surface area contributed by atoms with Crippen LogP contribution in [0.3, 0.4) is 0 Å². The second kappa shape index (κ2) is 11.4. The maximum atomic E-state index is 8.42. The zero-order valence-electron chi connectivity index (χ0n) is 10.0. The summed E-state index contributed by atoms with van der Waals surface area (Å²) in [7, 11) is 4.00. The van der Waals surface area contributed by atoms with E-state index in [0.29, 0.717) is 5.57 Å². The maximum absolute atomic E-state index is 8.42. The van der Waals surface area contributed by atoms with Crippen LogP contribution in [0.4, 0.5) is 0 Å². The molecular weight excluding hydrogens is 214 g/mol. The van der Waals surface area contributed by atoms with E-state index in [4.69, 9.17) is 21.2 Å². The Balaban J connectivity index is 0. The lowest BCUT2D eigenvalue weighted by molar-refractivity contribution is -0.597. The maximum Gasteiger partial charge on any atom is 0.129 e. The highest BCUT2D eigenvalue weighted by Gasteiger charge is 1.93. The van der Waals surface area contributed by atoms with Crippen molar-refractivity contribution in [2.75, 3.05) is 14.1 Å². The Morgan fingerprint density at radius 3 is 1.82 bits per heavy atom. The number of quaternary nitrogens is 1. The van der Waals surface area contributed by atoms with Gasteiger partial charge in [0, 0.05) is 0 Å². The van der Waals surface area contributed by atoms with Gasteiger partial charge in [0.05, 0.1) is 19.7 Å². The molecule has 0 saturated carbocycles. The highest BCUT2D eigenvalue weighted by atomic mass is 14.7. The second-order valence-corrected chi connectivity index (χ2v) is 2.88. The first-order valence-electron chi connectivity index (χ1n) is 4.70. The summed E-state index contributed by atoms with van der Waals surface area (Å²) in [6.07, 6.45) is 2.63. The molecule has 5 heteroatoms. The Morgan fingerprint density at radius 1 is 1.06 bits per heavy atom. The third-order valence-electron chi connectivity index (χ3n) is 1.23. The Bertz CT molecular complexity index is 454. The van der Waals surface area contributed by atoms with Gasteiger partial charge in [-0.2, -0.15) is 15.8 Å². The van der Waals surface area contributed by atoms with Crippen LogP contribution in [0.25, 0.3) is 5.41 Å². The van der Waals surface area contributed by atoms with Gasteiger partial charge in [0.1, 0.15) is 23.8 Å². The average molecular weight is 227 g/mol. The smallest absolute Gasteiger partial charge is 0.129 e. The van der Waals surface area contributed by atoms with Crippen LogP contribution in [0.1, 0.15) is 6.92 Å². The molecule has 0 amide bonds. The Hall–Kier alpha value is -2.64. The topological polar surface area (TPSA) is 110 Å². The molecule has 0 rings (SSSR count). The molecule has 0 unspecified atom stereocenters. The molecule has 0 aliphatic heterocycles. The van der Waals surface area contributed by atoms with Crippen LogP contribution in [0, 0.1) is 34.0 Å². The van der Waals surface area contributed by atoms with Crippen LogP contribution in [-0.2, 0) is 0 Å². The van der Waals surface area contributed by atoms with Crippen LogP contribution >= 0.6 is 0 Å². The van der Waals surface area contributed by atoms with Crippen LogP contribution in [0.2, 0.25) is 0 Å². The Morgan fingerprint density at radius 2 is 1.53 bits per heavy atom. The monoisotopic (exact) mass is 227 g/mol. The SMILES string of the molecule is C/C(C=C(C#N)C#N)=C/C(=C=[N-])C#N.C[NH2+]C. The summed E-state index contributed by atoms with van der Waals surface area (Å²) in [5.41, 5.74) is 0.393. The number of hydrogen-bond acceptors (Lipinski definition) is 3. The molecule has 0 bridgehead atoms. The van der Waals surface area contributed by atoms with Crippen LogP contribution in [0.15, 0.2) is 28.9 Å². The zero-order valence-corrected chi connectivity index (χ0v) is 10.0. The van der Waals surface area contributed by atoms with Crippen molar-refractivity contribution < 1.29 is 5.32 Å².